The monoisotopic (exact) mass is 788 g/mol. The summed E-state index contributed by atoms with van der Waals surface area (Å²) < 4.78 is 0. The quantitative estimate of drug-likeness (QED) is 0.106. The molecule has 8 rings (SSSR count). The van der Waals surface area contributed by atoms with Crippen molar-refractivity contribution in [1.82, 2.24) is 9.80 Å². The zero-order chi connectivity index (χ0) is 41.4. The van der Waals surface area contributed by atoms with Gasteiger partial charge in [0.1, 0.15) is 0 Å². The first kappa shape index (κ1) is 39.6. The maximum atomic E-state index is 14.1. The zero-order valence-corrected chi connectivity index (χ0v) is 33.0. The van der Waals surface area contributed by atoms with Gasteiger partial charge in [-0.15, -0.1) is 0 Å². The van der Waals surface area contributed by atoms with E-state index in [2.05, 4.69) is 0 Å². The molecule has 60 heavy (non-hydrogen) atoms. The Labute approximate surface area is 350 Å². The van der Waals surface area contributed by atoms with Crippen LogP contribution in [0, 0.1) is 0 Å². The Hall–Kier alpha value is -7.19. The van der Waals surface area contributed by atoms with Crippen LogP contribution in [0.15, 0.2) is 206 Å². The largest absolute Gasteiger partial charge is 0.395 e. The number of hydrogen-bond acceptors (Lipinski definition) is 7. The van der Waals surface area contributed by atoms with Crippen molar-refractivity contribution in [2.24, 2.45) is 0 Å². The third-order valence-electron chi connectivity index (χ3n) is 11.0. The van der Waals surface area contributed by atoms with Gasteiger partial charge in [-0.1, -0.05) is 170 Å². The Morgan fingerprint density at radius 1 is 0.383 bits per heavy atom. The van der Waals surface area contributed by atoms with Crippen LogP contribution in [0.25, 0.3) is 11.1 Å². The van der Waals surface area contributed by atoms with Crippen molar-refractivity contribution in [2.45, 2.75) is 11.8 Å². The molecule has 0 fully saturated rings. The van der Waals surface area contributed by atoms with Gasteiger partial charge in [-0.25, -0.2) is 0 Å². The minimum Gasteiger partial charge on any atom is -0.395 e. The lowest BCUT2D eigenvalue weighted by molar-refractivity contribution is 0.101. The lowest BCUT2D eigenvalue weighted by atomic mass is 9.77. The van der Waals surface area contributed by atoms with Crippen molar-refractivity contribution in [1.29, 1.82) is 0 Å². The molecule has 0 radical (unpaired) electrons. The van der Waals surface area contributed by atoms with Crippen LogP contribution in [0.5, 0.6) is 0 Å². The van der Waals surface area contributed by atoms with Crippen LogP contribution < -0.4 is 0 Å². The topological polar surface area (TPSA) is 98.2 Å². The van der Waals surface area contributed by atoms with E-state index in [9.17, 15) is 24.6 Å². The number of ketones is 3. The molecule has 7 nitrogen and oxygen atoms in total. The predicted octanol–water partition coefficient (Wildman–Crippen LogP) is 9.32. The fourth-order valence-corrected chi connectivity index (χ4v) is 8.09. The summed E-state index contributed by atoms with van der Waals surface area (Å²) in [6.07, 6.45) is 7.62. The standard InChI is InChI=1S/C53H44N2O5/c56-31-29-54-33-45(49(39-13-5-1-6-14-39)47(35-54)52(59)41-17-9-3-10-18-41)37-21-25-43(26-22-37)51(58)44-27-23-38(24-28-44)46-34-55(30-32-57)36-48(50(46)40-15-7-2-8-16-40)53(60)42-19-11-4-12-20-42/h1-28,33-36,49-50,56-57H,29-32H2. The van der Waals surface area contributed by atoms with Gasteiger partial charge < -0.3 is 20.0 Å². The van der Waals surface area contributed by atoms with E-state index >= 15 is 0 Å². The first-order chi connectivity index (χ1) is 29.4. The highest BCUT2D eigenvalue weighted by molar-refractivity contribution is 6.13. The van der Waals surface area contributed by atoms with Crippen molar-refractivity contribution < 1.29 is 24.6 Å². The van der Waals surface area contributed by atoms with E-state index < -0.39 is 0 Å². The fourth-order valence-electron chi connectivity index (χ4n) is 8.09. The van der Waals surface area contributed by atoms with E-state index in [0.717, 1.165) is 33.4 Å². The molecule has 296 valence electrons. The third kappa shape index (κ3) is 8.36. The molecule has 0 saturated carbocycles. The Bertz CT molecular complexity index is 2420. The lowest BCUT2D eigenvalue weighted by Gasteiger charge is -2.32. The van der Waals surface area contributed by atoms with Gasteiger partial charge in [0, 0.05) is 83.1 Å². The van der Waals surface area contributed by atoms with Crippen LogP contribution in [-0.4, -0.2) is 63.7 Å². The minimum atomic E-state index is -0.386. The Balaban J connectivity index is 1.10. The number of nitrogens with zero attached hydrogens (tertiary/aromatic N) is 2. The van der Waals surface area contributed by atoms with Crippen molar-refractivity contribution >= 4 is 28.5 Å². The average Bonchev–Trinajstić information content (AvgIpc) is 3.31. The molecule has 0 saturated heterocycles. The van der Waals surface area contributed by atoms with Crippen LogP contribution in [0.4, 0.5) is 0 Å². The van der Waals surface area contributed by atoms with Gasteiger partial charge >= 0.3 is 0 Å². The highest BCUT2D eigenvalue weighted by Crippen LogP contribution is 2.44. The summed E-state index contributed by atoms with van der Waals surface area (Å²) in [7, 11) is 0. The first-order valence-corrected chi connectivity index (χ1v) is 20.1. The molecule has 2 heterocycles. The molecule has 6 aromatic rings. The molecule has 0 bridgehead atoms. The predicted molar refractivity (Wildman–Crippen MR) is 236 cm³/mol. The number of carbonyl (C=O) groups excluding carboxylic acids is 3. The summed E-state index contributed by atoms with van der Waals surface area (Å²) in [6.45, 7) is 0.438. The molecule has 2 unspecified atom stereocenters. The van der Waals surface area contributed by atoms with Crippen LogP contribution in [-0.2, 0) is 0 Å². The van der Waals surface area contributed by atoms with E-state index in [-0.39, 0.29) is 42.4 Å². The molecular formula is C53H44N2O5. The summed E-state index contributed by atoms with van der Waals surface area (Å²) in [5.74, 6) is -1.11. The number of hydrogen-bond donors (Lipinski definition) is 2. The highest BCUT2D eigenvalue weighted by atomic mass is 16.3. The van der Waals surface area contributed by atoms with Gasteiger partial charge in [-0.05, 0) is 33.4 Å². The molecule has 2 aliphatic heterocycles. The molecule has 7 heteroatoms. The van der Waals surface area contributed by atoms with Gasteiger partial charge in [-0.3, -0.25) is 14.4 Å². The number of allylic oxidation sites excluding steroid dienone is 4. The van der Waals surface area contributed by atoms with E-state index in [4.69, 9.17) is 0 Å². The number of Topliss-reactive ketones (excluding diaryl/α,β-unsaturated/α-hetero) is 2. The smallest absolute Gasteiger partial charge is 0.193 e. The van der Waals surface area contributed by atoms with E-state index in [0.29, 0.717) is 46.5 Å². The van der Waals surface area contributed by atoms with Gasteiger partial charge in [0.05, 0.1) is 13.2 Å². The molecular weight excluding hydrogens is 745 g/mol. The normalized spacial score (nSPS) is 16.3. The third-order valence-corrected chi connectivity index (χ3v) is 11.0. The first-order valence-electron chi connectivity index (χ1n) is 20.1. The average molecular weight is 789 g/mol. The van der Waals surface area contributed by atoms with Gasteiger partial charge in [0.2, 0.25) is 0 Å². The number of aliphatic hydroxyl groups excluding tert-OH is 2. The van der Waals surface area contributed by atoms with Crippen molar-refractivity contribution in [2.75, 3.05) is 26.3 Å². The van der Waals surface area contributed by atoms with E-state index in [1.807, 2.05) is 204 Å². The van der Waals surface area contributed by atoms with Crippen LogP contribution in [0.3, 0.4) is 0 Å². The van der Waals surface area contributed by atoms with Gasteiger partial charge in [-0.2, -0.15) is 0 Å². The van der Waals surface area contributed by atoms with E-state index in [1.54, 1.807) is 0 Å². The Morgan fingerprint density at radius 2 is 0.700 bits per heavy atom. The SMILES string of the molecule is O=C(C1=CN(CCO)C=C(c2ccc(C(=O)c3ccc(C4=CN(CCO)C=C(C(=O)c5ccccc5)C4c4ccccc4)cc3)cc2)C1c1ccccc1)c1ccccc1. The second-order valence-corrected chi connectivity index (χ2v) is 14.8. The van der Waals surface area contributed by atoms with Crippen molar-refractivity contribution in [3.63, 3.8) is 0 Å². The summed E-state index contributed by atoms with van der Waals surface area (Å²) in [5.41, 5.74) is 8.73. The van der Waals surface area contributed by atoms with Gasteiger partial charge in [0.25, 0.3) is 0 Å². The Kier molecular flexibility index (Phi) is 12.0. The molecule has 0 amide bonds. The summed E-state index contributed by atoms with van der Waals surface area (Å²) in [5, 5.41) is 19.8. The Morgan fingerprint density at radius 3 is 1.03 bits per heavy atom. The summed E-state index contributed by atoms with van der Waals surface area (Å²) >= 11 is 0. The molecule has 2 atom stereocenters. The number of β-amino-alcohol motifs (C(OH)–C–C–N with tert-alkyl or cyclic N) is 2. The van der Waals surface area contributed by atoms with Crippen molar-refractivity contribution in [3.05, 3.63) is 250 Å². The number of carbonyl (C=O) groups is 3. The van der Waals surface area contributed by atoms with Crippen LogP contribution in [0.1, 0.15) is 70.7 Å². The zero-order valence-electron chi connectivity index (χ0n) is 33.0. The maximum absolute atomic E-state index is 14.1. The highest BCUT2D eigenvalue weighted by Gasteiger charge is 2.33. The summed E-state index contributed by atoms with van der Waals surface area (Å²) in [6, 6.07) is 53.2. The van der Waals surface area contributed by atoms with Gasteiger partial charge in [0.15, 0.2) is 17.3 Å². The molecule has 0 aromatic heterocycles. The van der Waals surface area contributed by atoms with Crippen LogP contribution in [0.2, 0.25) is 0 Å². The van der Waals surface area contributed by atoms with Crippen molar-refractivity contribution in [3.8, 4) is 0 Å². The number of rotatable bonds is 14. The second-order valence-electron chi connectivity index (χ2n) is 14.8. The summed E-state index contributed by atoms with van der Waals surface area (Å²) in [4.78, 5) is 46.0. The maximum Gasteiger partial charge on any atom is 0.193 e. The molecule has 2 aliphatic rings. The molecule has 0 spiro atoms. The minimum absolute atomic E-state index is 0.0931. The number of benzene rings is 6. The molecule has 0 aliphatic carbocycles. The second kappa shape index (κ2) is 18.2. The molecule has 2 N–H and O–H groups in total. The molecule has 6 aromatic carbocycles. The van der Waals surface area contributed by atoms with Crippen LogP contribution >= 0.6 is 0 Å². The number of aliphatic hydroxyl groups is 2. The fraction of sp³-hybridized carbons (Fsp3) is 0.113. The lowest BCUT2D eigenvalue weighted by Crippen LogP contribution is -2.26. The van der Waals surface area contributed by atoms with E-state index in [1.165, 1.54) is 0 Å².